The van der Waals surface area contributed by atoms with Crippen molar-refractivity contribution in [2.45, 2.75) is 38.5 Å². The summed E-state index contributed by atoms with van der Waals surface area (Å²) in [7, 11) is 2.09. The molecule has 1 N–H and O–H groups in total. The number of hydrogen-bond acceptors (Lipinski definition) is 3. The quantitative estimate of drug-likeness (QED) is 0.843. The van der Waals surface area contributed by atoms with Gasteiger partial charge in [-0.2, -0.15) is 0 Å². The Morgan fingerprint density at radius 3 is 2.76 bits per heavy atom. The topological polar surface area (TPSA) is 28.4 Å². The van der Waals surface area contributed by atoms with Crippen LogP contribution in [0.2, 0.25) is 5.02 Å². The Hall–Kier alpha value is -1.29. The minimum absolute atomic E-state index is 0.712. The Kier molecular flexibility index (Phi) is 4.63. The van der Waals surface area contributed by atoms with E-state index >= 15 is 0 Å². The minimum atomic E-state index is 0.712. The zero-order chi connectivity index (χ0) is 14.7. The first-order chi connectivity index (χ1) is 10.2. The molecular weight excluding hydrogens is 284 g/mol. The molecule has 0 atom stereocenters. The van der Waals surface area contributed by atoms with Crippen LogP contribution in [0, 0.1) is 0 Å². The van der Waals surface area contributed by atoms with Crippen molar-refractivity contribution in [2.75, 3.05) is 7.05 Å². The van der Waals surface area contributed by atoms with Crippen molar-refractivity contribution in [2.24, 2.45) is 0 Å². The molecule has 21 heavy (non-hydrogen) atoms. The highest BCUT2D eigenvalue weighted by atomic mass is 35.5. The van der Waals surface area contributed by atoms with Gasteiger partial charge in [0.1, 0.15) is 11.5 Å². The number of hydrogen-bond donors (Lipinski definition) is 1. The fraction of sp³-hybridized carbons (Fsp3) is 0.412. The summed E-state index contributed by atoms with van der Waals surface area (Å²) in [5.41, 5.74) is 1.21. The van der Waals surface area contributed by atoms with Crippen molar-refractivity contribution in [1.82, 2.24) is 10.2 Å². The Morgan fingerprint density at radius 1 is 1.19 bits per heavy atom. The van der Waals surface area contributed by atoms with E-state index in [0.29, 0.717) is 6.04 Å². The van der Waals surface area contributed by atoms with Gasteiger partial charge in [-0.15, -0.1) is 0 Å². The average Bonchev–Trinajstić information content (AvgIpc) is 3.17. The van der Waals surface area contributed by atoms with Gasteiger partial charge in [0, 0.05) is 17.6 Å². The molecular formula is C17H21ClN2O. The molecule has 0 bridgehead atoms. The summed E-state index contributed by atoms with van der Waals surface area (Å²) >= 11 is 6.01. The highest BCUT2D eigenvalue weighted by Crippen LogP contribution is 2.20. The molecule has 3 nitrogen and oxygen atoms in total. The molecule has 1 saturated carbocycles. The van der Waals surface area contributed by atoms with E-state index in [4.69, 9.17) is 16.0 Å². The monoisotopic (exact) mass is 304 g/mol. The number of halogens is 1. The molecule has 0 radical (unpaired) electrons. The Bertz CT molecular complexity index is 592. The lowest BCUT2D eigenvalue weighted by Crippen LogP contribution is -2.17. The van der Waals surface area contributed by atoms with Crippen LogP contribution >= 0.6 is 11.6 Å². The van der Waals surface area contributed by atoms with E-state index in [1.807, 2.05) is 18.2 Å². The molecule has 0 amide bonds. The Morgan fingerprint density at radius 2 is 2.00 bits per heavy atom. The van der Waals surface area contributed by atoms with Gasteiger partial charge in [0.05, 0.1) is 13.1 Å². The SMILES string of the molecule is CN(Cc1cccc(Cl)c1)Cc1ccc(CNC2CC2)o1. The summed E-state index contributed by atoms with van der Waals surface area (Å²) < 4.78 is 5.86. The molecule has 0 spiro atoms. The first-order valence-corrected chi connectivity index (χ1v) is 7.81. The highest BCUT2D eigenvalue weighted by Gasteiger charge is 2.20. The van der Waals surface area contributed by atoms with E-state index in [1.165, 1.54) is 18.4 Å². The molecule has 1 fully saturated rings. The normalized spacial score (nSPS) is 14.8. The van der Waals surface area contributed by atoms with Crippen LogP contribution in [-0.4, -0.2) is 18.0 Å². The van der Waals surface area contributed by atoms with Crippen LogP contribution < -0.4 is 5.32 Å². The van der Waals surface area contributed by atoms with Crippen LogP contribution in [0.15, 0.2) is 40.8 Å². The third-order valence-corrected chi connectivity index (χ3v) is 3.86. The van der Waals surface area contributed by atoms with E-state index in [2.05, 4.69) is 35.5 Å². The molecule has 1 aliphatic carbocycles. The number of rotatable bonds is 7. The van der Waals surface area contributed by atoms with Crippen molar-refractivity contribution in [1.29, 1.82) is 0 Å². The minimum Gasteiger partial charge on any atom is -0.463 e. The van der Waals surface area contributed by atoms with Gasteiger partial charge in [0.25, 0.3) is 0 Å². The predicted octanol–water partition coefficient (Wildman–Crippen LogP) is 3.82. The maximum Gasteiger partial charge on any atom is 0.118 e. The zero-order valence-corrected chi connectivity index (χ0v) is 13.1. The van der Waals surface area contributed by atoms with Crippen molar-refractivity contribution < 1.29 is 4.42 Å². The van der Waals surface area contributed by atoms with Crippen LogP contribution in [0.5, 0.6) is 0 Å². The molecule has 0 aliphatic heterocycles. The first-order valence-electron chi connectivity index (χ1n) is 7.43. The third kappa shape index (κ3) is 4.60. The fourth-order valence-corrected chi connectivity index (χ4v) is 2.62. The molecule has 2 aromatic rings. The molecule has 1 aromatic heterocycles. The second-order valence-electron chi connectivity index (χ2n) is 5.83. The van der Waals surface area contributed by atoms with Gasteiger partial charge in [-0.1, -0.05) is 23.7 Å². The molecule has 1 heterocycles. The van der Waals surface area contributed by atoms with Crippen molar-refractivity contribution in [3.63, 3.8) is 0 Å². The zero-order valence-electron chi connectivity index (χ0n) is 12.3. The first kappa shape index (κ1) is 14.6. The van der Waals surface area contributed by atoms with E-state index in [0.717, 1.165) is 36.2 Å². The summed E-state index contributed by atoms with van der Waals surface area (Å²) in [6.07, 6.45) is 2.60. The molecule has 4 heteroatoms. The lowest BCUT2D eigenvalue weighted by atomic mass is 10.2. The largest absolute Gasteiger partial charge is 0.463 e. The maximum atomic E-state index is 6.01. The number of furan rings is 1. The Balaban J connectivity index is 1.50. The second-order valence-corrected chi connectivity index (χ2v) is 6.26. The molecule has 1 aliphatic rings. The number of benzene rings is 1. The lowest BCUT2D eigenvalue weighted by Gasteiger charge is -2.15. The number of nitrogens with zero attached hydrogens (tertiary/aromatic N) is 1. The van der Waals surface area contributed by atoms with Crippen molar-refractivity contribution >= 4 is 11.6 Å². The Labute approximate surface area is 130 Å². The van der Waals surface area contributed by atoms with Gasteiger partial charge >= 0.3 is 0 Å². The number of nitrogens with one attached hydrogen (secondary N) is 1. The molecule has 0 saturated heterocycles. The van der Waals surface area contributed by atoms with Gasteiger partial charge in [0.2, 0.25) is 0 Å². The van der Waals surface area contributed by atoms with Crippen molar-refractivity contribution in [3.05, 3.63) is 58.5 Å². The van der Waals surface area contributed by atoms with E-state index in [1.54, 1.807) is 0 Å². The van der Waals surface area contributed by atoms with E-state index in [9.17, 15) is 0 Å². The summed E-state index contributed by atoms with van der Waals surface area (Å²) in [5.74, 6) is 2.03. The van der Waals surface area contributed by atoms with Crippen LogP contribution in [-0.2, 0) is 19.6 Å². The summed E-state index contributed by atoms with van der Waals surface area (Å²) in [4.78, 5) is 2.22. The van der Waals surface area contributed by atoms with Crippen molar-refractivity contribution in [3.8, 4) is 0 Å². The fourth-order valence-electron chi connectivity index (χ4n) is 2.40. The molecule has 1 aromatic carbocycles. The van der Waals surface area contributed by atoms with Gasteiger partial charge < -0.3 is 9.73 Å². The van der Waals surface area contributed by atoms with E-state index in [-0.39, 0.29) is 0 Å². The molecule has 3 rings (SSSR count). The van der Waals surface area contributed by atoms with Gasteiger partial charge in [-0.25, -0.2) is 0 Å². The molecule has 0 unspecified atom stereocenters. The van der Waals surface area contributed by atoms with Crippen LogP contribution in [0.4, 0.5) is 0 Å². The van der Waals surface area contributed by atoms with Gasteiger partial charge in [0.15, 0.2) is 0 Å². The van der Waals surface area contributed by atoms with Gasteiger partial charge in [-0.05, 0) is 49.7 Å². The van der Waals surface area contributed by atoms with Gasteiger partial charge in [-0.3, -0.25) is 4.90 Å². The summed E-state index contributed by atoms with van der Waals surface area (Å²) in [5, 5.41) is 4.25. The predicted molar refractivity (Wildman–Crippen MR) is 85.2 cm³/mol. The highest BCUT2D eigenvalue weighted by molar-refractivity contribution is 6.30. The standard InChI is InChI=1S/C17H21ClN2O/c1-20(11-13-3-2-4-14(18)9-13)12-17-8-7-16(21-17)10-19-15-5-6-15/h2-4,7-9,15,19H,5-6,10-12H2,1H3. The van der Waals surface area contributed by atoms with Crippen LogP contribution in [0.1, 0.15) is 29.9 Å². The molecule has 112 valence electrons. The van der Waals surface area contributed by atoms with Crippen LogP contribution in [0.25, 0.3) is 0 Å². The third-order valence-electron chi connectivity index (χ3n) is 3.63. The van der Waals surface area contributed by atoms with E-state index < -0.39 is 0 Å². The average molecular weight is 305 g/mol. The summed E-state index contributed by atoms with van der Waals surface area (Å²) in [6, 6.07) is 12.8. The smallest absolute Gasteiger partial charge is 0.118 e. The summed E-state index contributed by atoms with van der Waals surface area (Å²) in [6.45, 7) is 2.50. The second kappa shape index (κ2) is 6.65. The van der Waals surface area contributed by atoms with Crippen LogP contribution in [0.3, 0.4) is 0 Å². The lowest BCUT2D eigenvalue weighted by molar-refractivity contribution is 0.282. The maximum absolute atomic E-state index is 6.01.